The molecule has 0 aliphatic heterocycles. The van der Waals surface area contributed by atoms with E-state index in [1.807, 2.05) is 0 Å². The Morgan fingerprint density at radius 1 is 1.00 bits per heavy atom. The van der Waals surface area contributed by atoms with Crippen LogP contribution in [0, 0.1) is 17.8 Å². The van der Waals surface area contributed by atoms with E-state index in [2.05, 4.69) is 50.4 Å². The highest BCUT2D eigenvalue weighted by Crippen LogP contribution is 2.57. The fourth-order valence-electron chi connectivity index (χ4n) is 4.16. The van der Waals surface area contributed by atoms with E-state index in [1.165, 1.54) is 43.2 Å². The Bertz CT molecular complexity index is 439. The van der Waals surface area contributed by atoms with Crippen LogP contribution in [0.5, 0.6) is 0 Å². The van der Waals surface area contributed by atoms with Crippen LogP contribution in [0.4, 0.5) is 0 Å². The Morgan fingerprint density at radius 3 is 2.19 bits per heavy atom. The van der Waals surface area contributed by atoms with E-state index in [0.717, 1.165) is 24.3 Å². The van der Waals surface area contributed by atoms with Crippen LogP contribution in [-0.2, 0) is 0 Å². The molecule has 1 N–H and O–H groups in total. The minimum atomic E-state index is 0.587. The van der Waals surface area contributed by atoms with Gasteiger partial charge in [0.25, 0.3) is 0 Å². The van der Waals surface area contributed by atoms with Crippen molar-refractivity contribution < 1.29 is 0 Å². The molecule has 2 aliphatic rings. The maximum absolute atomic E-state index is 3.83. The van der Waals surface area contributed by atoms with Gasteiger partial charge in [0.1, 0.15) is 0 Å². The van der Waals surface area contributed by atoms with Gasteiger partial charge < -0.3 is 5.32 Å². The lowest BCUT2D eigenvalue weighted by Gasteiger charge is -2.27. The first-order valence-electron chi connectivity index (χ1n) is 9.06. The van der Waals surface area contributed by atoms with Crippen molar-refractivity contribution in [1.29, 1.82) is 0 Å². The second-order valence-corrected chi connectivity index (χ2v) is 7.40. The summed E-state index contributed by atoms with van der Waals surface area (Å²) in [5.74, 6) is 3.69. The Kier molecular flexibility index (Phi) is 4.69. The number of hydrogen-bond acceptors (Lipinski definition) is 1. The van der Waals surface area contributed by atoms with Crippen molar-refractivity contribution in [3.8, 4) is 0 Å². The zero-order chi connectivity index (χ0) is 14.8. The van der Waals surface area contributed by atoms with Crippen molar-refractivity contribution >= 4 is 0 Å². The molecule has 4 unspecified atom stereocenters. The molecule has 0 heterocycles. The third kappa shape index (κ3) is 3.34. The molecule has 4 atom stereocenters. The summed E-state index contributed by atoms with van der Waals surface area (Å²) in [7, 11) is 0. The van der Waals surface area contributed by atoms with Crippen LogP contribution >= 0.6 is 0 Å². The van der Waals surface area contributed by atoms with Gasteiger partial charge in [0, 0.05) is 6.04 Å². The molecule has 1 nitrogen and oxygen atoms in total. The fraction of sp³-hybridized carbons (Fsp3) is 0.700. The molecule has 3 rings (SSSR count). The molecular weight excluding hydrogens is 254 g/mol. The standard InChI is InChI=1S/C20H31N/c1-4-10-21-20(19-12-17-11-18(17)13-19)16-8-6-15(7-9-16)14(3)5-2/h6-9,14,17-21H,4-5,10-13H2,1-3H3. The minimum Gasteiger partial charge on any atom is -0.310 e. The number of benzene rings is 1. The van der Waals surface area contributed by atoms with Gasteiger partial charge in [0.2, 0.25) is 0 Å². The summed E-state index contributed by atoms with van der Waals surface area (Å²) in [4.78, 5) is 0. The largest absolute Gasteiger partial charge is 0.310 e. The Hall–Kier alpha value is -0.820. The predicted molar refractivity (Wildman–Crippen MR) is 90.5 cm³/mol. The van der Waals surface area contributed by atoms with Gasteiger partial charge in [-0.05, 0) is 73.4 Å². The van der Waals surface area contributed by atoms with Crippen molar-refractivity contribution in [3.05, 3.63) is 35.4 Å². The molecular formula is C20H31N. The summed E-state index contributed by atoms with van der Waals surface area (Å²) in [5, 5.41) is 3.83. The molecule has 0 aromatic heterocycles. The average molecular weight is 285 g/mol. The van der Waals surface area contributed by atoms with Crippen molar-refractivity contribution in [2.45, 2.75) is 64.8 Å². The van der Waals surface area contributed by atoms with Crippen molar-refractivity contribution in [1.82, 2.24) is 5.32 Å². The SMILES string of the molecule is CCCNC(c1ccc(C(C)CC)cc1)C1CC2CC2C1. The normalized spacial score (nSPS) is 30.0. The molecule has 2 fully saturated rings. The lowest BCUT2D eigenvalue weighted by atomic mass is 9.87. The first-order valence-corrected chi connectivity index (χ1v) is 9.06. The zero-order valence-electron chi connectivity index (χ0n) is 13.9. The number of hydrogen-bond donors (Lipinski definition) is 1. The van der Waals surface area contributed by atoms with Gasteiger partial charge in [-0.15, -0.1) is 0 Å². The lowest BCUT2D eigenvalue weighted by Crippen LogP contribution is -2.28. The van der Waals surface area contributed by atoms with Gasteiger partial charge in [-0.2, -0.15) is 0 Å². The van der Waals surface area contributed by atoms with Crippen molar-refractivity contribution in [2.24, 2.45) is 17.8 Å². The van der Waals surface area contributed by atoms with E-state index < -0.39 is 0 Å². The smallest absolute Gasteiger partial charge is 0.0348 e. The van der Waals surface area contributed by atoms with Gasteiger partial charge in [0.15, 0.2) is 0 Å². The molecule has 0 spiro atoms. The molecule has 0 bridgehead atoms. The summed E-state index contributed by atoms with van der Waals surface area (Å²) in [6.45, 7) is 8.01. The van der Waals surface area contributed by atoms with E-state index in [0.29, 0.717) is 12.0 Å². The lowest BCUT2D eigenvalue weighted by molar-refractivity contribution is 0.341. The van der Waals surface area contributed by atoms with E-state index in [1.54, 1.807) is 0 Å². The Balaban J connectivity index is 1.72. The van der Waals surface area contributed by atoms with Gasteiger partial charge in [0.05, 0.1) is 0 Å². The van der Waals surface area contributed by atoms with Crippen molar-refractivity contribution in [3.63, 3.8) is 0 Å². The summed E-state index contributed by atoms with van der Waals surface area (Å²) in [6, 6.07) is 10.1. The molecule has 0 saturated heterocycles. The Labute approximate surface area is 130 Å². The van der Waals surface area contributed by atoms with Crippen LogP contribution in [0.3, 0.4) is 0 Å². The van der Waals surface area contributed by atoms with Crippen molar-refractivity contribution in [2.75, 3.05) is 6.54 Å². The van der Waals surface area contributed by atoms with Crippen LogP contribution in [0.15, 0.2) is 24.3 Å². The van der Waals surface area contributed by atoms with Gasteiger partial charge in [-0.1, -0.05) is 45.0 Å². The number of rotatable bonds is 7. The number of nitrogens with one attached hydrogen (secondary N) is 1. The molecule has 0 amide bonds. The van der Waals surface area contributed by atoms with E-state index in [9.17, 15) is 0 Å². The highest BCUT2D eigenvalue weighted by atomic mass is 14.9. The second kappa shape index (κ2) is 6.52. The maximum Gasteiger partial charge on any atom is 0.0348 e. The summed E-state index contributed by atoms with van der Waals surface area (Å²) >= 11 is 0. The summed E-state index contributed by atoms with van der Waals surface area (Å²) in [6.07, 6.45) is 6.88. The molecule has 2 saturated carbocycles. The average Bonchev–Trinajstić information content (AvgIpc) is 3.14. The summed E-state index contributed by atoms with van der Waals surface area (Å²) < 4.78 is 0. The maximum atomic E-state index is 3.83. The molecule has 1 heteroatoms. The monoisotopic (exact) mass is 285 g/mol. The van der Waals surface area contributed by atoms with Crippen LogP contribution in [-0.4, -0.2) is 6.54 Å². The quantitative estimate of drug-likeness (QED) is 0.718. The minimum absolute atomic E-state index is 0.587. The molecule has 116 valence electrons. The fourth-order valence-corrected chi connectivity index (χ4v) is 4.16. The van der Waals surface area contributed by atoms with Crippen LogP contribution in [0.1, 0.15) is 76.0 Å². The van der Waals surface area contributed by atoms with Gasteiger partial charge in [-0.3, -0.25) is 0 Å². The molecule has 1 aromatic carbocycles. The van der Waals surface area contributed by atoms with E-state index in [4.69, 9.17) is 0 Å². The molecule has 0 radical (unpaired) electrons. The zero-order valence-corrected chi connectivity index (χ0v) is 13.9. The summed E-state index contributed by atoms with van der Waals surface area (Å²) in [5.41, 5.74) is 3.01. The Morgan fingerprint density at radius 2 is 1.62 bits per heavy atom. The third-order valence-corrected chi connectivity index (χ3v) is 5.84. The second-order valence-electron chi connectivity index (χ2n) is 7.40. The predicted octanol–water partition coefficient (Wildman–Crippen LogP) is 5.29. The van der Waals surface area contributed by atoms with Gasteiger partial charge in [-0.25, -0.2) is 0 Å². The van der Waals surface area contributed by atoms with E-state index in [-0.39, 0.29) is 0 Å². The van der Waals surface area contributed by atoms with Gasteiger partial charge >= 0.3 is 0 Å². The topological polar surface area (TPSA) is 12.0 Å². The highest BCUT2D eigenvalue weighted by Gasteiger charge is 2.47. The van der Waals surface area contributed by atoms with Crippen LogP contribution in [0.25, 0.3) is 0 Å². The van der Waals surface area contributed by atoms with Crippen LogP contribution < -0.4 is 5.32 Å². The molecule has 21 heavy (non-hydrogen) atoms. The van der Waals surface area contributed by atoms with E-state index >= 15 is 0 Å². The third-order valence-electron chi connectivity index (χ3n) is 5.84. The van der Waals surface area contributed by atoms with Crippen LogP contribution in [0.2, 0.25) is 0 Å². The highest BCUT2D eigenvalue weighted by molar-refractivity contribution is 5.28. The first kappa shape index (κ1) is 15.1. The number of fused-ring (bicyclic) bond motifs is 1. The first-order chi connectivity index (χ1) is 10.2. The molecule has 1 aromatic rings. The molecule has 2 aliphatic carbocycles.